The molecule has 0 aliphatic heterocycles. The van der Waals surface area contributed by atoms with Crippen molar-refractivity contribution in [1.29, 1.82) is 0 Å². The third-order valence-corrected chi connectivity index (χ3v) is 4.21. The molecule has 0 aromatic heterocycles. The number of unbranched alkanes of at least 4 members (excludes halogenated alkanes) is 3. The van der Waals surface area contributed by atoms with Crippen LogP contribution in [0.25, 0.3) is 0 Å². The highest BCUT2D eigenvalue weighted by atomic mass is 16.4. The van der Waals surface area contributed by atoms with Crippen molar-refractivity contribution in [2.75, 3.05) is 0 Å². The normalized spacial score (nSPS) is 16.7. The summed E-state index contributed by atoms with van der Waals surface area (Å²) in [5.74, 6) is -0.850. The number of aliphatic hydroxyl groups excluding tert-OH is 1. The van der Waals surface area contributed by atoms with Crippen molar-refractivity contribution in [3.05, 3.63) is 35.5 Å². The predicted octanol–water partition coefficient (Wildman–Crippen LogP) is 3.01. The minimum absolute atomic E-state index is 0.0654. The first-order chi connectivity index (χ1) is 11.5. The van der Waals surface area contributed by atoms with E-state index in [0.29, 0.717) is 25.7 Å². The number of Topliss-reactive ketones (excluding diaryl/α,β-unsaturated/α-hetero) is 1. The summed E-state index contributed by atoms with van der Waals surface area (Å²) in [5, 5.41) is 20.3. The summed E-state index contributed by atoms with van der Waals surface area (Å²) in [6, 6.07) is 0. The molecule has 0 saturated carbocycles. The minimum Gasteiger partial charge on any atom is -0.550 e. The summed E-state index contributed by atoms with van der Waals surface area (Å²) in [7, 11) is 0. The van der Waals surface area contributed by atoms with Crippen LogP contribution in [0, 0.1) is 0 Å². The molecule has 4 nitrogen and oxygen atoms in total. The van der Waals surface area contributed by atoms with E-state index in [1.807, 2.05) is 18.2 Å². The first kappa shape index (κ1) is 20.4. The van der Waals surface area contributed by atoms with E-state index in [1.165, 1.54) is 0 Å². The standard InChI is InChI=1S/C20H30O4/c1-2-3-6-9-17(21)14-12-16-13-15-19(22)18(16)10-7-4-5-8-11-20(23)24/h4,7,12,14,17,21H,2-3,5-6,8-11,13,15H2,1H3,(H,23,24)/p-1/b7-4-,14-12+/t17-/m0/s1. The number of hydrogen-bond donors (Lipinski definition) is 1. The van der Waals surface area contributed by atoms with Crippen LogP contribution in [-0.2, 0) is 9.59 Å². The molecule has 0 aromatic carbocycles. The van der Waals surface area contributed by atoms with Crippen molar-refractivity contribution < 1.29 is 19.8 Å². The highest BCUT2D eigenvalue weighted by Gasteiger charge is 2.20. The average Bonchev–Trinajstić information content (AvgIpc) is 2.89. The van der Waals surface area contributed by atoms with E-state index < -0.39 is 12.1 Å². The third-order valence-electron chi connectivity index (χ3n) is 4.21. The number of carbonyl (C=O) groups is 2. The molecule has 1 aliphatic rings. The Morgan fingerprint density at radius 1 is 1.25 bits per heavy atom. The van der Waals surface area contributed by atoms with Gasteiger partial charge >= 0.3 is 0 Å². The van der Waals surface area contributed by atoms with E-state index in [4.69, 9.17) is 0 Å². The summed E-state index contributed by atoms with van der Waals surface area (Å²) in [6.45, 7) is 2.13. The van der Waals surface area contributed by atoms with Crippen molar-refractivity contribution in [2.24, 2.45) is 0 Å². The van der Waals surface area contributed by atoms with Crippen LogP contribution >= 0.6 is 0 Å². The zero-order chi connectivity index (χ0) is 17.8. The van der Waals surface area contributed by atoms with Crippen LogP contribution in [0.2, 0.25) is 0 Å². The van der Waals surface area contributed by atoms with Crippen molar-refractivity contribution in [3.63, 3.8) is 0 Å². The fourth-order valence-corrected chi connectivity index (χ4v) is 2.77. The maximum absolute atomic E-state index is 12.0. The lowest BCUT2D eigenvalue weighted by Crippen LogP contribution is -2.21. The maximum atomic E-state index is 12.0. The molecule has 0 fully saturated rings. The van der Waals surface area contributed by atoms with Gasteiger partial charge in [-0.05, 0) is 44.1 Å². The second-order valence-electron chi connectivity index (χ2n) is 6.29. The number of carbonyl (C=O) groups excluding carboxylic acids is 2. The summed E-state index contributed by atoms with van der Waals surface area (Å²) < 4.78 is 0. The summed E-state index contributed by atoms with van der Waals surface area (Å²) in [6.07, 6.45) is 14.3. The van der Waals surface area contributed by atoms with Crippen LogP contribution in [0.15, 0.2) is 35.5 Å². The van der Waals surface area contributed by atoms with Gasteiger partial charge in [-0.1, -0.05) is 50.5 Å². The topological polar surface area (TPSA) is 77.4 Å². The predicted molar refractivity (Wildman–Crippen MR) is 93.2 cm³/mol. The van der Waals surface area contributed by atoms with Crippen molar-refractivity contribution in [3.8, 4) is 0 Å². The molecule has 24 heavy (non-hydrogen) atoms. The van der Waals surface area contributed by atoms with Gasteiger partial charge < -0.3 is 15.0 Å². The van der Waals surface area contributed by atoms with Gasteiger partial charge in [0.05, 0.1) is 6.10 Å². The number of allylic oxidation sites excluding steroid dienone is 5. The van der Waals surface area contributed by atoms with Crippen LogP contribution in [0.4, 0.5) is 0 Å². The summed E-state index contributed by atoms with van der Waals surface area (Å²) in [4.78, 5) is 22.3. The van der Waals surface area contributed by atoms with Crippen LogP contribution in [0.5, 0.6) is 0 Å². The number of rotatable bonds is 12. The molecule has 0 saturated heterocycles. The molecule has 1 atom stereocenters. The quantitative estimate of drug-likeness (QED) is 0.440. The summed E-state index contributed by atoms with van der Waals surface area (Å²) >= 11 is 0. The van der Waals surface area contributed by atoms with Gasteiger partial charge in [0, 0.05) is 18.0 Å². The molecular weight excluding hydrogens is 304 g/mol. The lowest BCUT2D eigenvalue weighted by molar-refractivity contribution is -0.305. The molecule has 0 radical (unpaired) electrons. The van der Waals surface area contributed by atoms with Crippen LogP contribution in [-0.4, -0.2) is 23.0 Å². The molecule has 0 amide bonds. The summed E-state index contributed by atoms with van der Waals surface area (Å²) in [5.41, 5.74) is 1.84. The van der Waals surface area contributed by atoms with E-state index in [-0.39, 0.29) is 12.2 Å². The average molecular weight is 333 g/mol. The lowest BCUT2D eigenvalue weighted by Gasteiger charge is -2.05. The molecule has 4 heteroatoms. The fraction of sp³-hybridized carbons (Fsp3) is 0.600. The highest BCUT2D eigenvalue weighted by molar-refractivity contribution is 5.99. The number of hydrogen-bond acceptors (Lipinski definition) is 4. The molecule has 0 bridgehead atoms. The number of aliphatic hydroxyl groups is 1. The number of ketones is 1. The molecule has 0 aromatic rings. The smallest absolute Gasteiger partial charge is 0.159 e. The Morgan fingerprint density at radius 3 is 2.75 bits per heavy atom. The Bertz CT molecular complexity index is 500. The zero-order valence-corrected chi connectivity index (χ0v) is 14.6. The Kier molecular flexibility index (Phi) is 10.0. The van der Waals surface area contributed by atoms with E-state index >= 15 is 0 Å². The van der Waals surface area contributed by atoms with E-state index in [0.717, 1.165) is 43.3 Å². The van der Waals surface area contributed by atoms with Gasteiger partial charge in [-0.3, -0.25) is 4.79 Å². The van der Waals surface area contributed by atoms with E-state index in [9.17, 15) is 19.8 Å². The first-order valence-corrected chi connectivity index (χ1v) is 9.01. The maximum Gasteiger partial charge on any atom is 0.159 e. The monoisotopic (exact) mass is 333 g/mol. The molecule has 0 unspecified atom stereocenters. The number of carboxylic acids is 1. The number of aliphatic carboxylic acids is 1. The third kappa shape index (κ3) is 8.25. The number of carboxylic acid groups (broad SMARTS) is 1. The first-order valence-electron chi connectivity index (χ1n) is 9.01. The second kappa shape index (κ2) is 11.8. The molecule has 1 N–H and O–H groups in total. The van der Waals surface area contributed by atoms with Gasteiger partial charge in [0.1, 0.15) is 0 Å². The Balaban J connectivity index is 2.48. The van der Waals surface area contributed by atoms with Gasteiger partial charge in [-0.15, -0.1) is 0 Å². The van der Waals surface area contributed by atoms with Gasteiger partial charge in [0.2, 0.25) is 0 Å². The van der Waals surface area contributed by atoms with Crippen LogP contribution in [0.1, 0.15) is 71.1 Å². The van der Waals surface area contributed by atoms with Crippen LogP contribution in [0.3, 0.4) is 0 Å². The molecule has 134 valence electrons. The molecule has 1 rings (SSSR count). The molecule has 0 spiro atoms. The van der Waals surface area contributed by atoms with Gasteiger partial charge in [-0.2, -0.15) is 0 Å². The minimum atomic E-state index is -1.03. The Morgan fingerprint density at radius 2 is 2.04 bits per heavy atom. The second-order valence-corrected chi connectivity index (χ2v) is 6.29. The zero-order valence-electron chi connectivity index (χ0n) is 14.6. The van der Waals surface area contributed by atoms with Gasteiger partial charge in [0.25, 0.3) is 0 Å². The van der Waals surface area contributed by atoms with Crippen molar-refractivity contribution in [1.82, 2.24) is 0 Å². The molecule has 0 heterocycles. The Labute approximate surface area is 145 Å². The van der Waals surface area contributed by atoms with Gasteiger partial charge in [0.15, 0.2) is 5.78 Å². The SMILES string of the molecule is CCCCC[C@H](O)/C=C/C1=C(C/C=C\CCCC(=O)[O-])C(=O)CC1. The largest absolute Gasteiger partial charge is 0.550 e. The van der Waals surface area contributed by atoms with E-state index in [1.54, 1.807) is 6.08 Å². The van der Waals surface area contributed by atoms with Gasteiger partial charge in [-0.25, -0.2) is 0 Å². The Hall–Kier alpha value is -1.68. The highest BCUT2D eigenvalue weighted by Crippen LogP contribution is 2.27. The van der Waals surface area contributed by atoms with Crippen molar-refractivity contribution >= 4 is 11.8 Å². The van der Waals surface area contributed by atoms with E-state index in [2.05, 4.69) is 6.92 Å². The van der Waals surface area contributed by atoms with Crippen molar-refractivity contribution in [2.45, 2.75) is 77.2 Å². The molecular formula is C20H29O4-. The van der Waals surface area contributed by atoms with Crippen LogP contribution < -0.4 is 5.11 Å². The lowest BCUT2D eigenvalue weighted by atomic mass is 10.0. The fourth-order valence-electron chi connectivity index (χ4n) is 2.77. The molecule has 1 aliphatic carbocycles.